The van der Waals surface area contributed by atoms with Gasteiger partial charge in [-0.15, -0.1) is 0 Å². The number of carboxylic acid groups (broad SMARTS) is 1. The van der Waals surface area contributed by atoms with E-state index in [1.165, 1.54) is 6.33 Å². The Labute approximate surface area is 120 Å². The molecule has 0 fully saturated rings. The number of hydrogen-bond donors (Lipinski definition) is 2. The van der Waals surface area contributed by atoms with Crippen LogP contribution in [0.15, 0.2) is 41.8 Å². The maximum absolute atomic E-state index is 13.2. The van der Waals surface area contributed by atoms with E-state index in [0.717, 1.165) is 18.2 Å². The Morgan fingerprint density at radius 3 is 2.81 bits per heavy atom. The summed E-state index contributed by atoms with van der Waals surface area (Å²) >= 11 is 0. The lowest BCUT2D eigenvalue weighted by Gasteiger charge is -2.08. The van der Waals surface area contributed by atoms with Gasteiger partial charge >= 0.3 is 5.97 Å². The fourth-order valence-electron chi connectivity index (χ4n) is 1.65. The molecule has 2 aromatic rings. The largest absolute Gasteiger partial charge is 0.478 e. The van der Waals surface area contributed by atoms with Crippen LogP contribution in [0.25, 0.3) is 0 Å². The maximum Gasteiger partial charge on any atom is 0.338 e. The van der Waals surface area contributed by atoms with E-state index < -0.39 is 27.4 Å². The molecule has 21 heavy (non-hydrogen) atoms. The second-order valence-electron chi connectivity index (χ2n) is 4.15. The van der Waals surface area contributed by atoms with Crippen molar-refractivity contribution in [2.24, 2.45) is 0 Å². The lowest BCUT2D eigenvalue weighted by Crippen LogP contribution is -2.27. The van der Waals surface area contributed by atoms with Crippen molar-refractivity contribution in [3.05, 3.63) is 48.3 Å². The molecule has 0 aliphatic heterocycles. The van der Waals surface area contributed by atoms with Crippen molar-refractivity contribution in [3.63, 3.8) is 0 Å². The molecule has 2 rings (SSSR count). The summed E-state index contributed by atoms with van der Waals surface area (Å²) in [6, 6.07) is 2.62. The number of hydrogen-bond acceptors (Lipinski definition) is 4. The van der Waals surface area contributed by atoms with Crippen molar-refractivity contribution >= 4 is 16.0 Å². The van der Waals surface area contributed by atoms with Crippen molar-refractivity contribution in [2.75, 3.05) is 6.54 Å². The van der Waals surface area contributed by atoms with Gasteiger partial charge in [-0.3, -0.25) is 0 Å². The first-order valence-corrected chi connectivity index (χ1v) is 7.37. The normalized spacial score (nSPS) is 11.5. The topological polar surface area (TPSA) is 101 Å². The monoisotopic (exact) mass is 313 g/mol. The van der Waals surface area contributed by atoms with Crippen LogP contribution in [0.5, 0.6) is 0 Å². The van der Waals surface area contributed by atoms with Crippen LogP contribution in [-0.2, 0) is 16.6 Å². The molecule has 9 heteroatoms. The number of halogens is 1. The molecule has 0 radical (unpaired) electrons. The van der Waals surface area contributed by atoms with Crippen LogP contribution < -0.4 is 4.72 Å². The van der Waals surface area contributed by atoms with Gasteiger partial charge in [0.1, 0.15) is 5.82 Å². The van der Waals surface area contributed by atoms with Gasteiger partial charge in [0.25, 0.3) is 0 Å². The zero-order valence-corrected chi connectivity index (χ0v) is 11.5. The summed E-state index contributed by atoms with van der Waals surface area (Å²) in [5.41, 5.74) is -0.688. The summed E-state index contributed by atoms with van der Waals surface area (Å²) in [5, 5.41) is 8.79. The maximum atomic E-state index is 13.2. The first-order valence-electron chi connectivity index (χ1n) is 5.88. The van der Waals surface area contributed by atoms with Crippen molar-refractivity contribution in [1.82, 2.24) is 14.3 Å². The molecule has 0 unspecified atom stereocenters. The minimum Gasteiger partial charge on any atom is -0.478 e. The van der Waals surface area contributed by atoms with E-state index in [2.05, 4.69) is 9.71 Å². The van der Waals surface area contributed by atoms with Gasteiger partial charge in [-0.25, -0.2) is 27.3 Å². The Morgan fingerprint density at radius 2 is 2.19 bits per heavy atom. The number of nitrogens with one attached hydrogen (secondary N) is 1. The summed E-state index contributed by atoms with van der Waals surface area (Å²) in [6.07, 6.45) is 4.77. The fraction of sp³-hybridized carbons (Fsp3) is 0.167. The number of aromatic nitrogens is 2. The number of aromatic carboxylic acids is 1. The third-order valence-corrected chi connectivity index (χ3v) is 4.16. The van der Waals surface area contributed by atoms with Crippen molar-refractivity contribution in [2.45, 2.75) is 11.4 Å². The highest BCUT2D eigenvalue weighted by Crippen LogP contribution is 2.15. The van der Waals surface area contributed by atoms with Gasteiger partial charge in [-0.1, -0.05) is 0 Å². The first kappa shape index (κ1) is 15.1. The fourth-order valence-corrected chi connectivity index (χ4v) is 2.69. The van der Waals surface area contributed by atoms with Gasteiger partial charge in [0.2, 0.25) is 10.0 Å². The van der Waals surface area contributed by atoms with Crippen molar-refractivity contribution in [1.29, 1.82) is 0 Å². The smallest absolute Gasteiger partial charge is 0.338 e. The van der Waals surface area contributed by atoms with Gasteiger partial charge < -0.3 is 9.67 Å². The number of sulfonamides is 1. The molecule has 112 valence electrons. The standard InChI is InChI=1S/C12H12FN3O4S/c13-11-2-1-9(7-10(11)12(17)18)21(19,20)15-4-6-16-5-3-14-8-16/h1-3,5,7-8,15H,4,6H2,(H,17,18). The minimum atomic E-state index is -3.90. The Hall–Kier alpha value is -2.26. The highest BCUT2D eigenvalue weighted by atomic mass is 32.2. The van der Waals surface area contributed by atoms with E-state index in [1.807, 2.05) is 0 Å². The third-order valence-electron chi connectivity index (χ3n) is 2.70. The third kappa shape index (κ3) is 3.64. The van der Waals surface area contributed by atoms with Gasteiger partial charge in [-0.05, 0) is 18.2 Å². The molecule has 0 bridgehead atoms. The van der Waals surface area contributed by atoms with Crippen LogP contribution in [0.2, 0.25) is 0 Å². The molecule has 0 amide bonds. The molecule has 1 aromatic carbocycles. The van der Waals surface area contributed by atoms with Gasteiger partial charge in [-0.2, -0.15) is 0 Å². The van der Waals surface area contributed by atoms with Gasteiger partial charge in [0, 0.05) is 25.5 Å². The molecule has 0 spiro atoms. The van der Waals surface area contributed by atoms with Crippen LogP contribution in [0.4, 0.5) is 4.39 Å². The Balaban J connectivity index is 2.12. The number of carboxylic acids is 1. The van der Waals surface area contributed by atoms with E-state index in [0.29, 0.717) is 6.54 Å². The average molecular weight is 313 g/mol. The zero-order valence-electron chi connectivity index (χ0n) is 10.7. The van der Waals surface area contributed by atoms with Gasteiger partial charge in [0.05, 0.1) is 16.8 Å². The van der Waals surface area contributed by atoms with Gasteiger partial charge in [0.15, 0.2) is 0 Å². The molecular formula is C12H12FN3O4S. The summed E-state index contributed by atoms with van der Waals surface area (Å²) in [4.78, 5) is 14.3. The van der Waals surface area contributed by atoms with E-state index in [-0.39, 0.29) is 11.4 Å². The molecular weight excluding hydrogens is 301 g/mol. The molecule has 2 N–H and O–H groups in total. The van der Waals surface area contributed by atoms with Crippen LogP contribution in [0, 0.1) is 5.82 Å². The summed E-state index contributed by atoms with van der Waals surface area (Å²) in [7, 11) is -3.90. The molecule has 0 saturated heterocycles. The van der Waals surface area contributed by atoms with E-state index in [1.54, 1.807) is 17.0 Å². The predicted octanol–water partition coefficient (Wildman–Crippen LogP) is 0.699. The number of imidazole rings is 1. The molecule has 0 aliphatic rings. The number of benzene rings is 1. The Morgan fingerprint density at radius 1 is 1.43 bits per heavy atom. The van der Waals surface area contributed by atoms with E-state index in [9.17, 15) is 17.6 Å². The van der Waals surface area contributed by atoms with E-state index in [4.69, 9.17) is 5.11 Å². The second-order valence-corrected chi connectivity index (χ2v) is 5.91. The summed E-state index contributed by atoms with van der Waals surface area (Å²) < 4.78 is 41.2. The molecule has 1 aromatic heterocycles. The Kier molecular flexibility index (Phi) is 4.34. The molecule has 7 nitrogen and oxygen atoms in total. The molecule has 0 aliphatic carbocycles. The Bertz CT molecular complexity index is 744. The lowest BCUT2D eigenvalue weighted by molar-refractivity contribution is 0.0691. The SMILES string of the molecule is O=C(O)c1cc(S(=O)(=O)NCCn2ccnc2)ccc1F. The second kappa shape index (κ2) is 6.02. The van der Waals surface area contributed by atoms with Crippen LogP contribution in [-0.4, -0.2) is 35.6 Å². The zero-order chi connectivity index (χ0) is 15.5. The van der Waals surface area contributed by atoms with Crippen LogP contribution in [0.3, 0.4) is 0 Å². The minimum absolute atomic E-state index is 0.0957. The quantitative estimate of drug-likeness (QED) is 0.817. The number of carbonyl (C=O) groups is 1. The summed E-state index contributed by atoms with van der Waals surface area (Å²) in [5.74, 6) is -2.51. The lowest BCUT2D eigenvalue weighted by atomic mass is 10.2. The van der Waals surface area contributed by atoms with Crippen LogP contribution in [0.1, 0.15) is 10.4 Å². The average Bonchev–Trinajstić information content (AvgIpc) is 2.91. The molecule has 0 saturated carbocycles. The molecule has 0 atom stereocenters. The van der Waals surface area contributed by atoms with Crippen LogP contribution >= 0.6 is 0 Å². The first-order chi connectivity index (χ1) is 9.90. The highest BCUT2D eigenvalue weighted by Gasteiger charge is 2.18. The van der Waals surface area contributed by atoms with Crippen molar-refractivity contribution in [3.8, 4) is 0 Å². The number of nitrogens with zero attached hydrogens (tertiary/aromatic N) is 2. The molecule has 1 heterocycles. The van der Waals surface area contributed by atoms with E-state index >= 15 is 0 Å². The number of rotatable bonds is 6. The summed E-state index contributed by atoms with van der Waals surface area (Å²) in [6.45, 7) is 0.463. The van der Waals surface area contributed by atoms with Crippen molar-refractivity contribution < 1.29 is 22.7 Å². The highest BCUT2D eigenvalue weighted by molar-refractivity contribution is 7.89. The predicted molar refractivity (Wildman–Crippen MR) is 70.8 cm³/mol.